The first-order chi connectivity index (χ1) is 6.79. The van der Waals surface area contributed by atoms with Crippen LogP contribution in [-0.4, -0.2) is 14.7 Å². The summed E-state index contributed by atoms with van der Waals surface area (Å²) in [5, 5.41) is 0.883. The van der Waals surface area contributed by atoms with Crippen LogP contribution in [0.3, 0.4) is 0 Å². The monoisotopic (exact) mass is 268 g/mol. The second-order valence-corrected chi connectivity index (χ2v) is 5.55. The Hall–Kier alpha value is -0.290. The molecule has 3 nitrogen and oxygen atoms in total. The third kappa shape index (κ3) is 3.99. The lowest BCUT2D eigenvalue weighted by molar-refractivity contribution is 0.237. The van der Waals surface area contributed by atoms with Crippen LogP contribution in [0.4, 0.5) is 0 Å². The minimum absolute atomic E-state index is 0.388. The van der Waals surface area contributed by atoms with Crippen LogP contribution >= 0.6 is 23.2 Å². The van der Waals surface area contributed by atoms with Crippen LogP contribution in [0, 0.1) is 0 Å². The molecule has 0 amide bonds. The lowest BCUT2D eigenvalue weighted by atomic mass is 10.1. The van der Waals surface area contributed by atoms with Gasteiger partial charge in [0.15, 0.2) is 0 Å². The molecule has 0 bridgehead atoms. The molecule has 0 aliphatic carbocycles. The Morgan fingerprint density at radius 1 is 1.33 bits per heavy atom. The van der Waals surface area contributed by atoms with E-state index in [4.69, 9.17) is 27.4 Å². The summed E-state index contributed by atoms with van der Waals surface area (Å²) >= 11 is 11.6. The number of halogens is 2. The van der Waals surface area contributed by atoms with Gasteiger partial charge < -0.3 is 0 Å². The van der Waals surface area contributed by atoms with Crippen LogP contribution < -0.4 is 0 Å². The molecule has 6 heteroatoms. The van der Waals surface area contributed by atoms with Gasteiger partial charge in [-0.05, 0) is 19.1 Å². The fraction of sp³-hybridized carbons (Fsp3) is 0.333. The minimum Gasteiger partial charge on any atom is -0.262 e. The van der Waals surface area contributed by atoms with E-state index in [-0.39, 0.29) is 0 Å². The average Bonchev–Trinajstić information content (AvgIpc) is 1.99. The Bertz CT molecular complexity index is 456. The van der Waals surface area contributed by atoms with Crippen LogP contribution in [-0.2, 0) is 14.3 Å². The van der Waals surface area contributed by atoms with Gasteiger partial charge in [0, 0.05) is 15.6 Å². The summed E-state index contributed by atoms with van der Waals surface area (Å²) in [6, 6.07) is 4.81. The highest BCUT2D eigenvalue weighted by Crippen LogP contribution is 2.28. The molecule has 0 aliphatic heterocycles. The zero-order chi connectivity index (χ0) is 11.6. The largest absolute Gasteiger partial charge is 0.264 e. The number of rotatable bonds is 3. The van der Waals surface area contributed by atoms with Crippen LogP contribution in [0.1, 0.15) is 18.6 Å². The highest BCUT2D eigenvalue weighted by atomic mass is 35.5. The molecule has 0 saturated carbocycles. The molecule has 0 N–H and O–H groups in total. The molecule has 0 fully saturated rings. The van der Waals surface area contributed by atoms with Gasteiger partial charge >= 0.3 is 0 Å². The lowest BCUT2D eigenvalue weighted by Crippen LogP contribution is -2.07. The van der Waals surface area contributed by atoms with Crippen LogP contribution in [0.5, 0.6) is 0 Å². The molecule has 1 unspecified atom stereocenters. The summed E-state index contributed by atoms with van der Waals surface area (Å²) in [6.45, 7) is 1.61. The van der Waals surface area contributed by atoms with Crippen molar-refractivity contribution in [2.45, 2.75) is 13.0 Å². The third-order valence-electron chi connectivity index (χ3n) is 1.72. The summed E-state index contributed by atoms with van der Waals surface area (Å²) < 4.78 is 26.6. The van der Waals surface area contributed by atoms with Gasteiger partial charge in [0.1, 0.15) is 6.10 Å². The van der Waals surface area contributed by atoms with Crippen molar-refractivity contribution in [1.29, 1.82) is 0 Å². The maximum Gasteiger partial charge on any atom is 0.264 e. The predicted molar refractivity (Wildman–Crippen MR) is 60.8 cm³/mol. The van der Waals surface area contributed by atoms with Crippen molar-refractivity contribution in [2.24, 2.45) is 0 Å². The molecule has 15 heavy (non-hydrogen) atoms. The summed E-state index contributed by atoms with van der Waals surface area (Å²) in [5.74, 6) is 0. The maximum atomic E-state index is 10.9. The van der Waals surface area contributed by atoms with Gasteiger partial charge in [0.25, 0.3) is 10.1 Å². The van der Waals surface area contributed by atoms with Crippen LogP contribution in [0.25, 0.3) is 0 Å². The van der Waals surface area contributed by atoms with Crippen molar-refractivity contribution in [1.82, 2.24) is 0 Å². The van der Waals surface area contributed by atoms with Gasteiger partial charge in [-0.3, -0.25) is 4.18 Å². The number of hydrogen-bond donors (Lipinski definition) is 0. The van der Waals surface area contributed by atoms with E-state index < -0.39 is 16.2 Å². The molecule has 1 aromatic rings. The fourth-order valence-corrected chi connectivity index (χ4v) is 2.34. The van der Waals surface area contributed by atoms with Crippen molar-refractivity contribution in [2.75, 3.05) is 6.26 Å². The van der Waals surface area contributed by atoms with Gasteiger partial charge in [0.2, 0.25) is 0 Å². The quantitative estimate of drug-likeness (QED) is 0.792. The fourth-order valence-electron chi connectivity index (χ4n) is 1.15. The van der Waals surface area contributed by atoms with E-state index in [1.54, 1.807) is 25.1 Å². The Morgan fingerprint density at radius 2 is 1.93 bits per heavy atom. The molecule has 1 rings (SSSR count). The molecule has 84 valence electrons. The Morgan fingerprint density at radius 3 is 2.40 bits per heavy atom. The Kier molecular flexibility index (Phi) is 4.00. The second kappa shape index (κ2) is 4.70. The molecular formula is C9H10Cl2O3S. The van der Waals surface area contributed by atoms with Crippen LogP contribution in [0.15, 0.2) is 18.2 Å². The van der Waals surface area contributed by atoms with E-state index in [2.05, 4.69) is 0 Å². The molecule has 0 radical (unpaired) electrons. The first-order valence-electron chi connectivity index (χ1n) is 4.13. The average molecular weight is 269 g/mol. The van der Waals surface area contributed by atoms with Crippen molar-refractivity contribution in [3.05, 3.63) is 33.8 Å². The topological polar surface area (TPSA) is 43.4 Å². The summed E-state index contributed by atoms with van der Waals surface area (Å²) in [5.41, 5.74) is 0.589. The molecule has 1 atom stereocenters. The predicted octanol–water partition coefficient (Wildman–Crippen LogP) is 3.03. The normalized spacial score (nSPS) is 13.9. The summed E-state index contributed by atoms with van der Waals surface area (Å²) in [6.07, 6.45) is 0.373. The van der Waals surface area contributed by atoms with E-state index in [0.29, 0.717) is 15.6 Å². The Labute approximate surface area is 99.1 Å². The van der Waals surface area contributed by atoms with E-state index in [0.717, 1.165) is 6.26 Å². The zero-order valence-corrected chi connectivity index (χ0v) is 10.5. The van der Waals surface area contributed by atoms with Crippen LogP contribution in [0.2, 0.25) is 10.0 Å². The molecular weight excluding hydrogens is 259 g/mol. The van der Waals surface area contributed by atoms with Crippen molar-refractivity contribution >= 4 is 33.3 Å². The van der Waals surface area contributed by atoms with Crippen molar-refractivity contribution < 1.29 is 12.6 Å². The summed E-state index contributed by atoms with van der Waals surface area (Å²) in [4.78, 5) is 0. The third-order valence-corrected chi connectivity index (χ3v) is 2.92. The molecule has 0 saturated heterocycles. The maximum absolute atomic E-state index is 10.9. The molecule has 0 aliphatic rings. The SMILES string of the molecule is CC(OS(C)(=O)=O)c1ccc(Cl)cc1Cl. The van der Waals surface area contributed by atoms with E-state index in [9.17, 15) is 8.42 Å². The zero-order valence-electron chi connectivity index (χ0n) is 8.20. The van der Waals surface area contributed by atoms with E-state index in [1.807, 2.05) is 0 Å². The highest BCUT2D eigenvalue weighted by molar-refractivity contribution is 7.86. The van der Waals surface area contributed by atoms with E-state index >= 15 is 0 Å². The van der Waals surface area contributed by atoms with Gasteiger partial charge in [-0.1, -0.05) is 29.3 Å². The number of benzene rings is 1. The smallest absolute Gasteiger partial charge is 0.262 e. The first-order valence-corrected chi connectivity index (χ1v) is 6.70. The summed E-state index contributed by atoms with van der Waals surface area (Å²) in [7, 11) is -3.49. The molecule has 0 spiro atoms. The van der Waals surface area contributed by atoms with Gasteiger partial charge in [-0.2, -0.15) is 8.42 Å². The standard InChI is InChI=1S/C9H10Cl2O3S/c1-6(14-15(2,12)13)8-4-3-7(10)5-9(8)11/h3-6H,1-2H3. The second-order valence-electron chi connectivity index (χ2n) is 3.11. The Balaban J connectivity index is 2.97. The highest BCUT2D eigenvalue weighted by Gasteiger charge is 2.15. The van der Waals surface area contributed by atoms with Gasteiger partial charge in [0.05, 0.1) is 6.26 Å². The van der Waals surface area contributed by atoms with Crippen molar-refractivity contribution in [3.63, 3.8) is 0 Å². The first kappa shape index (κ1) is 12.8. The number of hydrogen-bond acceptors (Lipinski definition) is 3. The van der Waals surface area contributed by atoms with E-state index in [1.165, 1.54) is 0 Å². The molecule has 1 aromatic carbocycles. The molecule has 0 heterocycles. The molecule has 0 aromatic heterocycles. The van der Waals surface area contributed by atoms with Gasteiger partial charge in [-0.25, -0.2) is 0 Å². The lowest BCUT2D eigenvalue weighted by Gasteiger charge is -2.12. The van der Waals surface area contributed by atoms with Gasteiger partial charge in [-0.15, -0.1) is 0 Å². The minimum atomic E-state index is -3.49. The van der Waals surface area contributed by atoms with Crippen molar-refractivity contribution in [3.8, 4) is 0 Å².